The van der Waals surface area contributed by atoms with Crippen LogP contribution in [-0.4, -0.2) is 46.2 Å². The van der Waals surface area contributed by atoms with E-state index in [1.54, 1.807) is 0 Å². The normalized spacial score (nSPS) is 15.6. The van der Waals surface area contributed by atoms with Crippen LogP contribution >= 0.6 is 0 Å². The summed E-state index contributed by atoms with van der Waals surface area (Å²) in [5.41, 5.74) is -1.81. The van der Waals surface area contributed by atoms with E-state index in [9.17, 15) is 9.90 Å². The van der Waals surface area contributed by atoms with Crippen molar-refractivity contribution >= 4 is 15.0 Å². The molecule has 0 aliphatic heterocycles. The first-order valence-electron chi connectivity index (χ1n) is 6.20. The molecule has 6 heteroatoms. The van der Waals surface area contributed by atoms with Crippen molar-refractivity contribution in [1.82, 2.24) is 0 Å². The summed E-state index contributed by atoms with van der Waals surface area (Å²) in [7, 11) is 1.37. The molecule has 19 heavy (non-hydrogen) atoms. The fourth-order valence-electron chi connectivity index (χ4n) is 2.21. The molecule has 0 amide bonds. The number of rotatable bonds is 7. The lowest BCUT2D eigenvalue weighted by atomic mass is 9.71. The van der Waals surface area contributed by atoms with Gasteiger partial charge >= 0.3 is 5.97 Å². The van der Waals surface area contributed by atoms with Gasteiger partial charge in [-0.15, -0.1) is 0 Å². The SMILES string of the molecule is C=C(C(=O)O)C(O[SiH](C)C)(C(OC)OC)C(C)(C)C. The van der Waals surface area contributed by atoms with Crippen molar-refractivity contribution in [2.45, 2.75) is 45.8 Å². The van der Waals surface area contributed by atoms with Gasteiger partial charge in [0, 0.05) is 14.2 Å². The van der Waals surface area contributed by atoms with Gasteiger partial charge in [0.25, 0.3) is 0 Å². The highest BCUT2D eigenvalue weighted by molar-refractivity contribution is 6.48. The number of methoxy groups -OCH3 is 2. The van der Waals surface area contributed by atoms with Crippen molar-refractivity contribution < 1.29 is 23.8 Å². The zero-order valence-electron chi connectivity index (χ0n) is 12.9. The zero-order chi connectivity index (χ0) is 15.4. The maximum Gasteiger partial charge on any atom is 0.334 e. The average molecular weight is 290 g/mol. The van der Waals surface area contributed by atoms with Gasteiger partial charge in [-0.2, -0.15) is 0 Å². The summed E-state index contributed by atoms with van der Waals surface area (Å²) in [6, 6.07) is 0. The third-order valence-corrected chi connectivity index (χ3v) is 3.85. The Morgan fingerprint density at radius 1 is 1.21 bits per heavy atom. The van der Waals surface area contributed by atoms with Gasteiger partial charge in [-0.05, 0) is 18.5 Å². The topological polar surface area (TPSA) is 65.0 Å². The van der Waals surface area contributed by atoms with Gasteiger partial charge in [0.2, 0.25) is 0 Å². The molecule has 112 valence electrons. The molecule has 0 heterocycles. The van der Waals surface area contributed by atoms with Crippen LogP contribution in [0.15, 0.2) is 12.2 Å². The van der Waals surface area contributed by atoms with Gasteiger partial charge in [0.15, 0.2) is 15.3 Å². The van der Waals surface area contributed by atoms with Crippen LogP contribution in [0.2, 0.25) is 13.1 Å². The molecule has 0 bridgehead atoms. The van der Waals surface area contributed by atoms with E-state index in [-0.39, 0.29) is 5.57 Å². The number of carbonyl (C=O) groups is 1. The number of carboxylic acid groups (broad SMARTS) is 1. The van der Waals surface area contributed by atoms with Crippen LogP contribution in [0.5, 0.6) is 0 Å². The lowest BCUT2D eigenvalue weighted by molar-refractivity contribution is -0.225. The molecule has 1 unspecified atom stereocenters. The van der Waals surface area contributed by atoms with Crippen LogP contribution in [-0.2, 0) is 18.7 Å². The van der Waals surface area contributed by atoms with Crippen LogP contribution in [0.25, 0.3) is 0 Å². The summed E-state index contributed by atoms with van der Waals surface area (Å²) in [6.07, 6.45) is -0.828. The molecule has 0 aromatic heterocycles. The molecular weight excluding hydrogens is 264 g/mol. The predicted molar refractivity (Wildman–Crippen MR) is 76.7 cm³/mol. The molecule has 0 aliphatic carbocycles. The number of hydrogen-bond donors (Lipinski definition) is 1. The monoisotopic (exact) mass is 290 g/mol. The highest BCUT2D eigenvalue weighted by Gasteiger charge is 2.55. The molecule has 0 aromatic rings. The Hall–Kier alpha value is -0.693. The Labute approximate surface area is 117 Å². The Morgan fingerprint density at radius 2 is 1.63 bits per heavy atom. The van der Waals surface area contributed by atoms with Crippen molar-refractivity contribution in [3.05, 3.63) is 12.2 Å². The van der Waals surface area contributed by atoms with Crippen molar-refractivity contribution in [1.29, 1.82) is 0 Å². The molecular formula is C13H26O5Si. The molecule has 0 aliphatic rings. The third-order valence-electron chi connectivity index (χ3n) is 3.00. The maximum atomic E-state index is 11.4. The van der Waals surface area contributed by atoms with Gasteiger partial charge in [-0.1, -0.05) is 27.4 Å². The Bertz CT molecular complexity index is 330. The molecule has 0 radical (unpaired) electrons. The van der Waals surface area contributed by atoms with Gasteiger partial charge in [0.05, 0.1) is 5.57 Å². The highest BCUT2D eigenvalue weighted by atomic mass is 28.3. The second-order valence-electron chi connectivity index (χ2n) is 5.74. The summed E-state index contributed by atoms with van der Waals surface area (Å²) >= 11 is 0. The smallest absolute Gasteiger partial charge is 0.334 e. The molecule has 0 rings (SSSR count). The minimum Gasteiger partial charge on any atom is -0.478 e. The van der Waals surface area contributed by atoms with Crippen molar-refractivity contribution in [3.8, 4) is 0 Å². The molecule has 0 spiro atoms. The minimum atomic E-state index is -1.56. The second-order valence-corrected chi connectivity index (χ2v) is 8.07. The first-order chi connectivity index (χ1) is 8.54. The molecule has 1 atom stereocenters. The fraction of sp³-hybridized carbons (Fsp3) is 0.769. The van der Waals surface area contributed by atoms with E-state index in [1.807, 2.05) is 33.9 Å². The van der Waals surface area contributed by atoms with E-state index in [0.29, 0.717) is 0 Å². The van der Waals surface area contributed by atoms with Gasteiger partial charge < -0.3 is 19.0 Å². The van der Waals surface area contributed by atoms with Crippen LogP contribution in [0, 0.1) is 5.41 Å². The molecule has 5 nitrogen and oxygen atoms in total. The first-order valence-corrected chi connectivity index (χ1v) is 8.98. The summed E-state index contributed by atoms with van der Waals surface area (Å²) in [5.74, 6) is -1.11. The predicted octanol–water partition coefficient (Wildman–Crippen LogP) is 2.03. The molecule has 0 saturated carbocycles. The Kier molecular flexibility index (Phi) is 6.41. The molecule has 0 saturated heterocycles. The number of hydrogen-bond acceptors (Lipinski definition) is 4. The molecule has 0 fully saturated rings. The van der Waals surface area contributed by atoms with E-state index < -0.39 is 32.3 Å². The maximum absolute atomic E-state index is 11.4. The first kappa shape index (κ1) is 18.3. The number of carboxylic acids is 1. The van der Waals surface area contributed by atoms with Gasteiger partial charge in [-0.3, -0.25) is 0 Å². The van der Waals surface area contributed by atoms with Crippen LogP contribution in [0.1, 0.15) is 20.8 Å². The van der Waals surface area contributed by atoms with Crippen LogP contribution in [0.4, 0.5) is 0 Å². The standard InChI is InChI=1S/C13H26O5Si/c1-9(10(14)15)13(12(2,3)4,18-19(7)8)11(16-5)17-6/h11,19H,1H2,2-8H3,(H,14,15). The van der Waals surface area contributed by atoms with Gasteiger partial charge in [-0.25, -0.2) is 4.79 Å². The largest absolute Gasteiger partial charge is 0.478 e. The van der Waals surface area contributed by atoms with Gasteiger partial charge in [0.1, 0.15) is 5.60 Å². The lowest BCUT2D eigenvalue weighted by Gasteiger charge is -2.49. The lowest BCUT2D eigenvalue weighted by Crippen LogP contribution is -2.60. The fourth-order valence-corrected chi connectivity index (χ4v) is 3.56. The van der Waals surface area contributed by atoms with E-state index >= 15 is 0 Å². The summed E-state index contributed by atoms with van der Waals surface area (Å²) < 4.78 is 16.7. The summed E-state index contributed by atoms with van der Waals surface area (Å²) in [6.45, 7) is 13.3. The Morgan fingerprint density at radius 3 is 1.84 bits per heavy atom. The van der Waals surface area contributed by atoms with Crippen LogP contribution < -0.4 is 0 Å². The second kappa shape index (κ2) is 6.65. The van der Waals surface area contributed by atoms with Crippen molar-refractivity contribution in [2.24, 2.45) is 5.41 Å². The quantitative estimate of drug-likeness (QED) is 0.441. The van der Waals surface area contributed by atoms with Crippen molar-refractivity contribution in [3.63, 3.8) is 0 Å². The van der Waals surface area contributed by atoms with Crippen LogP contribution in [0.3, 0.4) is 0 Å². The summed E-state index contributed by atoms with van der Waals surface area (Å²) in [5, 5.41) is 9.36. The van der Waals surface area contributed by atoms with E-state index in [2.05, 4.69) is 6.58 Å². The third kappa shape index (κ3) is 3.66. The van der Waals surface area contributed by atoms with E-state index in [4.69, 9.17) is 13.9 Å². The highest BCUT2D eigenvalue weighted by Crippen LogP contribution is 2.44. The summed E-state index contributed by atoms with van der Waals surface area (Å²) in [4.78, 5) is 11.4. The average Bonchev–Trinajstić information content (AvgIpc) is 2.25. The van der Waals surface area contributed by atoms with E-state index in [1.165, 1.54) is 14.2 Å². The molecule has 1 N–H and O–H groups in total. The Balaban J connectivity index is 6.01. The zero-order valence-corrected chi connectivity index (χ0v) is 14.1. The number of aliphatic carboxylic acids is 1. The van der Waals surface area contributed by atoms with E-state index in [0.717, 1.165) is 0 Å². The van der Waals surface area contributed by atoms with Crippen molar-refractivity contribution in [2.75, 3.05) is 14.2 Å². The minimum absolute atomic E-state index is 0.0464. The number of ether oxygens (including phenoxy) is 2. The molecule has 0 aromatic carbocycles.